The van der Waals surface area contributed by atoms with Crippen LogP contribution in [0.5, 0.6) is 0 Å². The molecule has 148 valence electrons. The number of hydrogen-bond donors (Lipinski definition) is 0. The number of nitro benzene ring substituents is 1. The van der Waals surface area contributed by atoms with Gasteiger partial charge in [0, 0.05) is 26.2 Å². The second kappa shape index (κ2) is 7.90. The van der Waals surface area contributed by atoms with Crippen LogP contribution in [0.4, 0.5) is 5.69 Å². The zero-order chi connectivity index (χ0) is 20.5. The Labute approximate surface area is 167 Å². The molecule has 3 rings (SSSR count). The minimum absolute atomic E-state index is 0.0859. The molecule has 3 aromatic rings. The molecule has 1 heterocycles. The van der Waals surface area contributed by atoms with Crippen LogP contribution in [0.3, 0.4) is 0 Å². The Morgan fingerprint density at radius 2 is 1.86 bits per heavy atom. The fourth-order valence-electron chi connectivity index (χ4n) is 2.91. The molecule has 0 aliphatic carbocycles. The molecule has 1 aromatic heterocycles. The first-order valence-electron chi connectivity index (χ1n) is 8.67. The Bertz CT molecular complexity index is 1140. The van der Waals surface area contributed by atoms with E-state index in [2.05, 4.69) is 4.98 Å². The molecule has 10 heteroatoms. The maximum Gasteiger partial charge on any atom is 0.284 e. The Hall–Kier alpha value is -2.43. The fourth-order valence-corrected chi connectivity index (χ4v) is 5.34. The highest BCUT2D eigenvalue weighted by Crippen LogP contribution is 2.37. The van der Waals surface area contributed by atoms with Gasteiger partial charge in [-0.2, -0.15) is 4.31 Å². The van der Waals surface area contributed by atoms with Crippen LogP contribution >= 0.6 is 11.8 Å². The van der Waals surface area contributed by atoms with Crippen molar-refractivity contribution < 1.29 is 13.3 Å². The molecule has 0 aliphatic rings. The van der Waals surface area contributed by atoms with Crippen molar-refractivity contribution >= 4 is 38.5 Å². The minimum Gasteiger partial charge on any atom is -0.322 e. The van der Waals surface area contributed by atoms with Gasteiger partial charge < -0.3 is 4.57 Å². The number of fused-ring (bicyclic) bond motifs is 1. The van der Waals surface area contributed by atoms with E-state index in [0.29, 0.717) is 23.1 Å². The molecule has 0 amide bonds. The van der Waals surface area contributed by atoms with Crippen LogP contribution in [0.1, 0.15) is 13.8 Å². The highest BCUT2D eigenvalue weighted by atomic mass is 32.2. The molecule has 0 radical (unpaired) electrons. The predicted molar refractivity (Wildman–Crippen MR) is 108 cm³/mol. The third-order valence-corrected chi connectivity index (χ3v) is 7.58. The number of rotatable bonds is 7. The Balaban J connectivity index is 2.05. The largest absolute Gasteiger partial charge is 0.322 e. The molecule has 0 fully saturated rings. The molecule has 0 aliphatic heterocycles. The molecule has 0 spiro atoms. The SMILES string of the molecule is CCN(CC)S(=O)(=O)c1ccc(Sc2nc3ccccc3n2C)c([N+](=O)[O-])c1. The molecular weight excluding hydrogens is 400 g/mol. The van der Waals surface area contributed by atoms with E-state index in [4.69, 9.17) is 0 Å². The van der Waals surface area contributed by atoms with Crippen LogP contribution in [0, 0.1) is 10.1 Å². The third kappa shape index (κ3) is 3.62. The zero-order valence-corrected chi connectivity index (χ0v) is 17.3. The van der Waals surface area contributed by atoms with E-state index in [0.717, 1.165) is 28.9 Å². The molecule has 0 N–H and O–H groups in total. The van der Waals surface area contributed by atoms with Crippen molar-refractivity contribution in [1.29, 1.82) is 0 Å². The second-order valence-corrected chi connectivity index (χ2v) is 8.97. The average molecular weight is 421 g/mol. The molecule has 0 unspecified atom stereocenters. The lowest BCUT2D eigenvalue weighted by Gasteiger charge is -2.18. The van der Waals surface area contributed by atoms with Gasteiger partial charge >= 0.3 is 0 Å². The van der Waals surface area contributed by atoms with Crippen LogP contribution in [0.25, 0.3) is 11.0 Å². The van der Waals surface area contributed by atoms with E-state index < -0.39 is 14.9 Å². The summed E-state index contributed by atoms with van der Waals surface area (Å²) in [4.78, 5) is 15.8. The van der Waals surface area contributed by atoms with Crippen molar-refractivity contribution in [2.24, 2.45) is 7.05 Å². The minimum atomic E-state index is -3.78. The number of hydrogen-bond acceptors (Lipinski definition) is 6. The summed E-state index contributed by atoms with van der Waals surface area (Å²) in [6.07, 6.45) is 0. The smallest absolute Gasteiger partial charge is 0.284 e. The summed E-state index contributed by atoms with van der Waals surface area (Å²) in [5.41, 5.74) is 1.44. The van der Waals surface area contributed by atoms with E-state index in [1.165, 1.54) is 16.4 Å². The maximum atomic E-state index is 12.7. The van der Waals surface area contributed by atoms with Crippen LogP contribution in [-0.4, -0.2) is 40.3 Å². The van der Waals surface area contributed by atoms with Crippen LogP contribution in [0.2, 0.25) is 0 Å². The van der Waals surface area contributed by atoms with Crippen molar-refractivity contribution in [3.8, 4) is 0 Å². The quantitative estimate of drug-likeness (QED) is 0.427. The summed E-state index contributed by atoms with van der Waals surface area (Å²) >= 11 is 1.14. The Morgan fingerprint density at radius 3 is 2.46 bits per heavy atom. The molecule has 0 bridgehead atoms. The first kappa shape index (κ1) is 20.3. The van der Waals surface area contributed by atoms with Gasteiger partial charge in [0.2, 0.25) is 10.0 Å². The number of aromatic nitrogens is 2. The Morgan fingerprint density at radius 1 is 1.18 bits per heavy atom. The van der Waals surface area contributed by atoms with Gasteiger partial charge in [0.25, 0.3) is 5.69 Å². The van der Waals surface area contributed by atoms with E-state index in [1.54, 1.807) is 13.8 Å². The number of aryl methyl sites for hydroxylation is 1. The molecule has 8 nitrogen and oxygen atoms in total. The fraction of sp³-hybridized carbons (Fsp3) is 0.278. The van der Waals surface area contributed by atoms with Crippen LogP contribution < -0.4 is 0 Å². The van der Waals surface area contributed by atoms with E-state index >= 15 is 0 Å². The summed E-state index contributed by atoms with van der Waals surface area (Å²) < 4.78 is 28.5. The number of nitrogens with zero attached hydrogens (tertiary/aromatic N) is 4. The van der Waals surface area contributed by atoms with E-state index in [-0.39, 0.29) is 10.6 Å². The first-order valence-corrected chi connectivity index (χ1v) is 10.9. The number of sulfonamides is 1. The van der Waals surface area contributed by atoms with Gasteiger partial charge in [-0.05, 0) is 36.0 Å². The second-order valence-electron chi connectivity index (χ2n) is 6.02. The highest BCUT2D eigenvalue weighted by Gasteiger charge is 2.26. The lowest BCUT2D eigenvalue weighted by molar-refractivity contribution is -0.388. The van der Waals surface area contributed by atoms with Gasteiger partial charge in [0.05, 0.1) is 25.7 Å². The van der Waals surface area contributed by atoms with Gasteiger partial charge in [0.1, 0.15) is 0 Å². The summed E-state index contributed by atoms with van der Waals surface area (Å²) in [6, 6.07) is 11.6. The molecule has 0 saturated carbocycles. The first-order chi connectivity index (χ1) is 13.3. The van der Waals surface area contributed by atoms with E-state index in [9.17, 15) is 18.5 Å². The van der Waals surface area contributed by atoms with E-state index in [1.807, 2.05) is 35.9 Å². The molecule has 28 heavy (non-hydrogen) atoms. The number of benzene rings is 2. The van der Waals surface area contributed by atoms with Crippen molar-refractivity contribution in [2.45, 2.75) is 28.8 Å². The summed E-state index contributed by atoms with van der Waals surface area (Å²) in [5, 5.41) is 12.2. The number of imidazole rings is 1. The van der Waals surface area contributed by atoms with Crippen molar-refractivity contribution in [3.05, 3.63) is 52.6 Å². The standard InChI is InChI=1S/C18H20N4O4S2/c1-4-21(5-2)28(25,26)13-10-11-17(16(12-13)22(23)24)27-18-19-14-8-6-7-9-15(14)20(18)3/h6-12H,4-5H2,1-3H3. The van der Waals surface area contributed by atoms with Gasteiger partial charge in [0.15, 0.2) is 5.16 Å². The zero-order valence-electron chi connectivity index (χ0n) is 15.7. The van der Waals surface area contributed by atoms with Crippen molar-refractivity contribution in [2.75, 3.05) is 13.1 Å². The predicted octanol–water partition coefficient (Wildman–Crippen LogP) is 3.66. The normalized spacial score (nSPS) is 12.0. The van der Waals surface area contributed by atoms with Crippen molar-refractivity contribution in [3.63, 3.8) is 0 Å². The van der Waals surface area contributed by atoms with Crippen LogP contribution in [0.15, 0.2) is 57.4 Å². The Kier molecular flexibility index (Phi) is 5.73. The molecule has 0 atom stereocenters. The van der Waals surface area contributed by atoms with Gasteiger partial charge in [-0.15, -0.1) is 0 Å². The summed E-state index contributed by atoms with van der Waals surface area (Å²) in [6.45, 7) is 4.04. The average Bonchev–Trinajstić information content (AvgIpc) is 2.98. The lowest BCUT2D eigenvalue weighted by Crippen LogP contribution is -2.30. The molecular formula is C18H20N4O4S2. The summed E-state index contributed by atoms with van der Waals surface area (Å²) in [7, 11) is -1.94. The number of nitro groups is 1. The number of para-hydroxylation sites is 2. The van der Waals surface area contributed by atoms with Gasteiger partial charge in [-0.3, -0.25) is 10.1 Å². The third-order valence-electron chi connectivity index (χ3n) is 4.42. The molecule has 0 saturated heterocycles. The summed E-state index contributed by atoms with van der Waals surface area (Å²) in [5.74, 6) is 0. The topological polar surface area (TPSA) is 98.3 Å². The van der Waals surface area contributed by atoms with Gasteiger partial charge in [-0.25, -0.2) is 13.4 Å². The monoisotopic (exact) mass is 420 g/mol. The van der Waals surface area contributed by atoms with Gasteiger partial charge in [-0.1, -0.05) is 26.0 Å². The molecule has 2 aromatic carbocycles. The van der Waals surface area contributed by atoms with Crippen LogP contribution in [-0.2, 0) is 17.1 Å². The van der Waals surface area contributed by atoms with Crippen molar-refractivity contribution in [1.82, 2.24) is 13.9 Å². The highest BCUT2D eigenvalue weighted by molar-refractivity contribution is 7.99. The maximum absolute atomic E-state index is 12.7. The lowest BCUT2D eigenvalue weighted by atomic mass is 10.3.